The van der Waals surface area contributed by atoms with Crippen LogP contribution >= 0.6 is 0 Å². The second-order valence-corrected chi connectivity index (χ2v) is 6.06. The number of anilines is 1. The van der Waals surface area contributed by atoms with E-state index < -0.39 is 0 Å². The highest BCUT2D eigenvalue weighted by Crippen LogP contribution is 2.27. The number of aromatic nitrogens is 2. The summed E-state index contributed by atoms with van der Waals surface area (Å²) in [4.78, 5) is 9.31. The van der Waals surface area contributed by atoms with Crippen molar-refractivity contribution >= 4 is 23.1 Å². The van der Waals surface area contributed by atoms with Gasteiger partial charge in [0.05, 0.1) is 17.4 Å². The fourth-order valence-electron chi connectivity index (χ4n) is 2.81. The van der Waals surface area contributed by atoms with Crippen LogP contribution in [0.15, 0.2) is 84.0 Å². The van der Waals surface area contributed by atoms with E-state index in [1.54, 1.807) is 6.21 Å². The van der Waals surface area contributed by atoms with E-state index in [0.29, 0.717) is 5.95 Å². The first-order chi connectivity index (χ1) is 12.8. The second kappa shape index (κ2) is 7.15. The molecular weight excluding hydrogens is 320 g/mol. The van der Waals surface area contributed by atoms with E-state index in [1.165, 1.54) is 5.56 Å². The maximum absolute atomic E-state index is 4.71. The quantitative estimate of drug-likeness (QED) is 0.418. The first-order valence-electron chi connectivity index (χ1n) is 8.47. The Kier molecular flexibility index (Phi) is 4.39. The van der Waals surface area contributed by atoms with Gasteiger partial charge in [0.25, 0.3) is 0 Å². The Morgan fingerprint density at radius 2 is 1.58 bits per heavy atom. The van der Waals surface area contributed by atoms with Crippen molar-refractivity contribution in [3.05, 3.63) is 90.0 Å². The van der Waals surface area contributed by atoms with E-state index in [-0.39, 0.29) is 0 Å². The van der Waals surface area contributed by atoms with Crippen LogP contribution in [0, 0.1) is 6.92 Å². The van der Waals surface area contributed by atoms with E-state index in [9.17, 15) is 0 Å². The molecule has 0 bridgehead atoms. The lowest BCUT2D eigenvalue weighted by Gasteiger charge is -2.09. The zero-order chi connectivity index (χ0) is 17.8. The van der Waals surface area contributed by atoms with Gasteiger partial charge in [-0.25, -0.2) is 15.4 Å². The summed E-state index contributed by atoms with van der Waals surface area (Å²) in [6, 6.07) is 26.2. The summed E-state index contributed by atoms with van der Waals surface area (Å²) in [5, 5.41) is 5.31. The van der Waals surface area contributed by atoms with Crippen molar-refractivity contribution in [1.29, 1.82) is 0 Å². The minimum atomic E-state index is 0.479. The fraction of sp³-hybridized carbons (Fsp3) is 0.0455. The standard InChI is InChI=1S/C22H18N4/c1-16-12-13-20-19(14-16)21(18-10-6-3-7-11-18)25-22(24-20)26-23-15-17-8-4-2-5-9-17/h2-15H,1H3,(H,24,25,26)/b23-15-. The number of fused-ring (bicyclic) bond motifs is 1. The van der Waals surface area contributed by atoms with Crippen LogP contribution in [0.2, 0.25) is 0 Å². The van der Waals surface area contributed by atoms with Crippen LogP contribution in [0.1, 0.15) is 11.1 Å². The summed E-state index contributed by atoms with van der Waals surface area (Å²) < 4.78 is 0. The van der Waals surface area contributed by atoms with E-state index in [1.807, 2.05) is 54.6 Å². The molecule has 4 heteroatoms. The van der Waals surface area contributed by atoms with Crippen LogP contribution in [0.25, 0.3) is 22.2 Å². The van der Waals surface area contributed by atoms with Crippen molar-refractivity contribution in [2.75, 3.05) is 5.43 Å². The van der Waals surface area contributed by atoms with Gasteiger partial charge in [-0.3, -0.25) is 0 Å². The summed E-state index contributed by atoms with van der Waals surface area (Å²) in [5.41, 5.74) is 8.00. The van der Waals surface area contributed by atoms with Crippen LogP contribution < -0.4 is 5.43 Å². The van der Waals surface area contributed by atoms with Gasteiger partial charge >= 0.3 is 0 Å². The smallest absolute Gasteiger partial charge is 0.244 e. The number of nitrogens with zero attached hydrogens (tertiary/aromatic N) is 3. The molecular formula is C22H18N4. The molecule has 0 radical (unpaired) electrons. The number of rotatable bonds is 4. The highest BCUT2D eigenvalue weighted by molar-refractivity contribution is 5.93. The Labute approximate surface area is 152 Å². The molecule has 4 rings (SSSR count). The fourth-order valence-corrected chi connectivity index (χ4v) is 2.81. The molecule has 0 aliphatic carbocycles. The van der Waals surface area contributed by atoms with Crippen molar-refractivity contribution in [2.24, 2.45) is 5.10 Å². The maximum atomic E-state index is 4.71. The summed E-state index contributed by atoms with van der Waals surface area (Å²) in [6.07, 6.45) is 1.75. The summed E-state index contributed by atoms with van der Waals surface area (Å²) >= 11 is 0. The van der Waals surface area contributed by atoms with Gasteiger partial charge in [0, 0.05) is 10.9 Å². The van der Waals surface area contributed by atoms with Crippen LogP contribution in [0.5, 0.6) is 0 Å². The monoisotopic (exact) mass is 338 g/mol. The number of aryl methyl sites for hydroxylation is 1. The van der Waals surface area contributed by atoms with Crippen molar-refractivity contribution < 1.29 is 0 Å². The molecule has 0 unspecified atom stereocenters. The molecule has 0 saturated heterocycles. The van der Waals surface area contributed by atoms with Gasteiger partial charge in [-0.1, -0.05) is 72.3 Å². The molecule has 1 aromatic heterocycles. The number of hydrogen-bond donors (Lipinski definition) is 1. The Bertz CT molecular complexity index is 1060. The molecule has 126 valence electrons. The Balaban J connectivity index is 1.74. The normalized spacial score (nSPS) is 11.1. The van der Waals surface area contributed by atoms with Crippen molar-refractivity contribution in [3.63, 3.8) is 0 Å². The molecule has 26 heavy (non-hydrogen) atoms. The zero-order valence-corrected chi connectivity index (χ0v) is 14.4. The molecule has 0 atom stereocenters. The van der Waals surface area contributed by atoms with E-state index in [4.69, 9.17) is 4.98 Å². The Morgan fingerprint density at radius 3 is 2.35 bits per heavy atom. The summed E-state index contributed by atoms with van der Waals surface area (Å²) in [6.45, 7) is 2.07. The molecule has 0 spiro atoms. The van der Waals surface area contributed by atoms with Gasteiger partial charge in [0.1, 0.15) is 0 Å². The van der Waals surface area contributed by atoms with Crippen LogP contribution in [-0.2, 0) is 0 Å². The predicted molar refractivity (Wildman–Crippen MR) is 107 cm³/mol. The molecule has 4 nitrogen and oxygen atoms in total. The average molecular weight is 338 g/mol. The third-order valence-electron chi connectivity index (χ3n) is 4.08. The van der Waals surface area contributed by atoms with Crippen molar-refractivity contribution in [2.45, 2.75) is 6.92 Å². The highest BCUT2D eigenvalue weighted by atomic mass is 15.3. The first-order valence-corrected chi connectivity index (χ1v) is 8.47. The van der Waals surface area contributed by atoms with Crippen LogP contribution in [0.3, 0.4) is 0 Å². The lowest BCUT2D eigenvalue weighted by atomic mass is 10.0. The molecule has 4 aromatic rings. The molecule has 0 fully saturated rings. The van der Waals surface area contributed by atoms with Gasteiger partial charge in [-0.2, -0.15) is 5.10 Å². The largest absolute Gasteiger partial charge is 0.245 e. The van der Waals surface area contributed by atoms with Crippen molar-refractivity contribution in [1.82, 2.24) is 9.97 Å². The number of hydrazone groups is 1. The van der Waals surface area contributed by atoms with Crippen LogP contribution in [0.4, 0.5) is 5.95 Å². The third kappa shape index (κ3) is 3.44. The molecule has 0 amide bonds. The van der Waals surface area contributed by atoms with E-state index in [2.05, 4.69) is 46.7 Å². The number of benzene rings is 3. The second-order valence-electron chi connectivity index (χ2n) is 6.06. The summed E-state index contributed by atoms with van der Waals surface area (Å²) in [5.74, 6) is 0.479. The Hall–Kier alpha value is -3.53. The highest BCUT2D eigenvalue weighted by Gasteiger charge is 2.09. The van der Waals surface area contributed by atoms with Crippen LogP contribution in [-0.4, -0.2) is 16.2 Å². The van der Waals surface area contributed by atoms with Gasteiger partial charge in [-0.15, -0.1) is 0 Å². The van der Waals surface area contributed by atoms with Gasteiger partial charge in [-0.05, 0) is 24.6 Å². The van der Waals surface area contributed by atoms with Gasteiger partial charge < -0.3 is 0 Å². The molecule has 1 N–H and O–H groups in total. The SMILES string of the molecule is Cc1ccc2nc(N/N=C\c3ccccc3)nc(-c3ccccc3)c2c1. The lowest BCUT2D eigenvalue weighted by Crippen LogP contribution is -2.00. The topological polar surface area (TPSA) is 50.2 Å². The van der Waals surface area contributed by atoms with Crippen molar-refractivity contribution in [3.8, 4) is 11.3 Å². The van der Waals surface area contributed by atoms with E-state index in [0.717, 1.165) is 27.7 Å². The lowest BCUT2D eigenvalue weighted by molar-refractivity contribution is 1.15. The number of hydrogen-bond acceptors (Lipinski definition) is 4. The third-order valence-corrected chi connectivity index (χ3v) is 4.08. The molecule has 1 heterocycles. The minimum Gasteiger partial charge on any atom is -0.245 e. The van der Waals surface area contributed by atoms with E-state index >= 15 is 0 Å². The molecule has 0 aliphatic heterocycles. The molecule has 0 saturated carbocycles. The minimum absolute atomic E-state index is 0.479. The number of nitrogens with one attached hydrogen (secondary N) is 1. The predicted octanol–water partition coefficient (Wildman–Crippen LogP) is 5.05. The molecule has 3 aromatic carbocycles. The van der Waals surface area contributed by atoms with Gasteiger partial charge in [0.2, 0.25) is 5.95 Å². The summed E-state index contributed by atoms with van der Waals surface area (Å²) in [7, 11) is 0. The first kappa shape index (κ1) is 16.0. The zero-order valence-electron chi connectivity index (χ0n) is 14.4. The maximum Gasteiger partial charge on any atom is 0.244 e. The molecule has 0 aliphatic rings. The van der Waals surface area contributed by atoms with Gasteiger partial charge in [0.15, 0.2) is 0 Å². The average Bonchev–Trinajstić information content (AvgIpc) is 2.69. The Morgan fingerprint density at radius 1 is 0.846 bits per heavy atom.